The second-order valence-corrected chi connectivity index (χ2v) is 8.22. The van der Waals surface area contributed by atoms with Gasteiger partial charge in [0.1, 0.15) is 5.75 Å². The molecule has 0 saturated carbocycles. The Morgan fingerprint density at radius 2 is 1.97 bits per heavy atom. The van der Waals surface area contributed by atoms with E-state index in [0.29, 0.717) is 34.6 Å². The average Bonchev–Trinajstić information content (AvgIpc) is 3.06. The van der Waals surface area contributed by atoms with E-state index in [2.05, 4.69) is 5.32 Å². The highest BCUT2D eigenvalue weighted by Gasteiger charge is 2.18. The molecule has 0 fully saturated rings. The second kappa shape index (κ2) is 9.75. The fraction of sp³-hybridized carbons (Fsp3) is 0.318. The highest BCUT2D eigenvalue weighted by molar-refractivity contribution is 6.42. The highest BCUT2D eigenvalue weighted by Crippen LogP contribution is 2.31. The van der Waals surface area contributed by atoms with Crippen molar-refractivity contribution in [3.63, 3.8) is 0 Å². The topological polar surface area (TPSA) is 43.3 Å². The standard InChI is InChI=1S/C22H23Cl3N2O2/c1-14(2)29-20-6-3-5-16-17(13-27(21(16)20)10-4-9-23)22(28)26-12-15-7-8-18(24)19(25)11-15/h3,5-8,11,13-14H,4,9-10,12H2,1-2H3,(H,26,28). The fourth-order valence-corrected chi connectivity index (χ4v) is 3.63. The third-order valence-corrected chi connectivity index (χ3v) is 5.44. The van der Waals surface area contributed by atoms with Crippen molar-refractivity contribution in [2.45, 2.75) is 39.5 Å². The number of rotatable bonds is 8. The Morgan fingerprint density at radius 1 is 1.17 bits per heavy atom. The van der Waals surface area contributed by atoms with Crippen molar-refractivity contribution in [3.8, 4) is 5.75 Å². The lowest BCUT2D eigenvalue weighted by molar-refractivity contribution is 0.0952. The van der Waals surface area contributed by atoms with Crippen LogP contribution in [0.2, 0.25) is 10.0 Å². The second-order valence-electron chi connectivity index (χ2n) is 7.03. The number of benzene rings is 2. The Labute approximate surface area is 185 Å². The lowest BCUT2D eigenvalue weighted by Crippen LogP contribution is -2.22. The summed E-state index contributed by atoms with van der Waals surface area (Å²) in [6.07, 6.45) is 2.70. The van der Waals surface area contributed by atoms with Gasteiger partial charge in [-0.25, -0.2) is 0 Å². The van der Waals surface area contributed by atoms with E-state index in [4.69, 9.17) is 39.5 Å². The molecule has 3 aromatic rings. The van der Waals surface area contributed by atoms with Gasteiger partial charge in [-0.15, -0.1) is 11.6 Å². The summed E-state index contributed by atoms with van der Waals surface area (Å²) in [5.41, 5.74) is 2.39. The van der Waals surface area contributed by atoms with Crippen LogP contribution in [0.4, 0.5) is 0 Å². The molecule has 29 heavy (non-hydrogen) atoms. The minimum atomic E-state index is -0.160. The summed E-state index contributed by atoms with van der Waals surface area (Å²) in [6.45, 7) is 5.02. The first-order chi connectivity index (χ1) is 13.9. The Morgan fingerprint density at radius 3 is 2.66 bits per heavy atom. The van der Waals surface area contributed by atoms with Crippen molar-refractivity contribution < 1.29 is 9.53 Å². The number of nitrogens with zero attached hydrogens (tertiary/aromatic N) is 1. The van der Waals surface area contributed by atoms with Crippen LogP contribution in [-0.4, -0.2) is 22.5 Å². The molecular weight excluding hydrogens is 431 g/mol. The van der Waals surface area contributed by atoms with E-state index in [1.807, 2.05) is 48.9 Å². The van der Waals surface area contributed by atoms with Gasteiger partial charge in [0.15, 0.2) is 0 Å². The number of hydrogen-bond acceptors (Lipinski definition) is 2. The summed E-state index contributed by atoms with van der Waals surface area (Å²) >= 11 is 17.9. The zero-order valence-electron chi connectivity index (χ0n) is 16.3. The molecular formula is C22H23Cl3N2O2. The Bertz CT molecular complexity index is 1010. The van der Waals surface area contributed by atoms with E-state index < -0.39 is 0 Å². The van der Waals surface area contributed by atoms with Crippen LogP contribution >= 0.6 is 34.8 Å². The number of alkyl halides is 1. The van der Waals surface area contributed by atoms with Crippen LogP contribution in [0.15, 0.2) is 42.6 Å². The smallest absolute Gasteiger partial charge is 0.253 e. The van der Waals surface area contributed by atoms with E-state index in [-0.39, 0.29) is 12.0 Å². The number of halogens is 3. The van der Waals surface area contributed by atoms with Crippen molar-refractivity contribution in [2.75, 3.05) is 5.88 Å². The predicted molar refractivity (Wildman–Crippen MR) is 121 cm³/mol. The SMILES string of the molecule is CC(C)Oc1cccc2c(C(=O)NCc3ccc(Cl)c(Cl)c3)cn(CCCCl)c12. The quantitative estimate of drug-likeness (QED) is 0.407. The van der Waals surface area contributed by atoms with E-state index in [0.717, 1.165) is 28.6 Å². The largest absolute Gasteiger partial charge is 0.489 e. The lowest BCUT2D eigenvalue weighted by atomic mass is 10.1. The van der Waals surface area contributed by atoms with Crippen LogP contribution in [0.5, 0.6) is 5.75 Å². The summed E-state index contributed by atoms with van der Waals surface area (Å²) in [6, 6.07) is 11.1. The first-order valence-electron chi connectivity index (χ1n) is 9.47. The van der Waals surface area contributed by atoms with Crippen molar-refractivity contribution >= 4 is 51.6 Å². The molecule has 0 saturated heterocycles. The molecule has 0 aliphatic carbocycles. The van der Waals surface area contributed by atoms with Gasteiger partial charge < -0.3 is 14.6 Å². The molecule has 154 valence electrons. The van der Waals surface area contributed by atoms with Crippen LogP contribution in [0, 0.1) is 0 Å². The molecule has 7 heteroatoms. The lowest BCUT2D eigenvalue weighted by Gasteiger charge is -2.13. The van der Waals surface area contributed by atoms with Gasteiger partial charge in [0.25, 0.3) is 5.91 Å². The monoisotopic (exact) mass is 452 g/mol. The summed E-state index contributed by atoms with van der Waals surface area (Å²) in [5, 5.41) is 4.77. The normalized spacial score (nSPS) is 11.2. The summed E-state index contributed by atoms with van der Waals surface area (Å²) in [5.74, 6) is 1.15. The zero-order chi connectivity index (χ0) is 21.0. The molecule has 1 N–H and O–H groups in total. The van der Waals surface area contributed by atoms with E-state index in [1.165, 1.54) is 0 Å². The molecule has 1 heterocycles. The number of para-hydroxylation sites is 1. The number of hydrogen-bond donors (Lipinski definition) is 1. The summed E-state index contributed by atoms with van der Waals surface area (Å²) < 4.78 is 8.03. The molecule has 0 atom stereocenters. The van der Waals surface area contributed by atoms with E-state index in [9.17, 15) is 4.79 Å². The van der Waals surface area contributed by atoms with Gasteiger partial charge in [-0.1, -0.05) is 41.4 Å². The molecule has 4 nitrogen and oxygen atoms in total. The molecule has 1 aromatic heterocycles. The predicted octanol–water partition coefficient (Wildman–Crippen LogP) is 6.29. The van der Waals surface area contributed by atoms with Crippen molar-refractivity contribution in [3.05, 3.63) is 63.8 Å². The Hall–Kier alpha value is -1.88. The molecule has 0 unspecified atom stereocenters. The molecule has 2 aromatic carbocycles. The zero-order valence-corrected chi connectivity index (χ0v) is 18.6. The number of carbonyl (C=O) groups excluding carboxylic acids is 1. The Kier molecular flexibility index (Phi) is 7.33. The number of nitrogens with one attached hydrogen (secondary N) is 1. The van der Waals surface area contributed by atoms with E-state index >= 15 is 0 Å². The number of aryl methyl sites for hydroxylation is 1. The average molecular weight is 454 g/mol. The van der Waals surface area contributed by atoms with E-state index in [1.54, 1.807) is 12.1 Å². The minimum Gasteiger partial charge on any atom is -0.489 e. The molecule has 0 radical (unpaired) electrons. The van der Waals surface area contributed by atoms with Gasteiger partial charge in [0, 0.05) is 30.6 Å². The number of amides is 1. The van der Waals surface area contributed by atoms with Crippen LogP contribution in [0.1, 0.15) is 36.2 Å². The first-order valence-corrected chi connectivity index (χ1v) is 10.8. The molecule has 0 aliphatic rings. The van der Waals surface area contributed by atoms with Gasteiger partial charge in [-0.2, -0.15) is 0 Å². The third-order valence-electron chi connectivity index (χ3n) is 4.44. The van der Waals surface area contributed by atoms with Crippen molar-refractivity contribution in [1.82, 2.24) is 9.88 Å². The fourth-order valence-electron chi connectivity index (χ4n) is 3.19. The van der Waals surface area contributed by atoms with Gasteiger partial charge in [0.2, 0.25) is 0 Å². The molecule has 0 aliphatic heterocycles. The van der Waals surface area contributed by atoms with Crippen LogP contribution in [-0.2, 0) is 13.1 Å². The van der Waals surface area contributed by atoms with Gasteiger partial charge in [-0.3, -0.25) is 4.79 Å². The maximum absolute atomic E-state index is 13.0. The maximum atomic E-state index is 13.0. The summed E-state index contributed by atoms with van der Waals surface area (Å²) in [4.78, 5) is 13.0. The summed E-state index contributed by atoms with van der Waals surface area (Å²) in [7, 11) is 0. The van der Waals surface area contributed by atoms with Crippen molar-refractivity contribution in [2.24, 2.45) is 0 Å². The van der Waals surface area contributed by atoms with Gasteiger partial charge in [0.05, 0.1) is 27.2 Å². The molecule has 0 spiro atoms. The number of fused-ring (bicyclic) bond motifs is 1. The minimum absolute atomic E-state index is 0.0314. The molecule has 0 bridgehead atoms. The van der Waals surface area contributed by atoms with Crippen molar-refractivity contribution in [1.29, 1.82) is 0 Å². The van der Waals surface area contributed by atoms with Gasteiger partial charge >= 0.3 is 0 Å². The molecule has 1 amide bonds. The highest BCUT2D eigenvalue weighted by atomic mass is 35.5. The Balaban J connectivity index is 1.91. The van der Waals surface area contributed by atoms with Crippen LogP contribution in [0.25, 0.3) is 10.9 Å². The third kappa shape index (κ3) is 5.19. The first kappa shape index (κ1) is 21.8. The van der Waals surface area contributed by atoms with Crippen LogP contribution in [0.3, 0.4) is 0 Å². The maximum Gasteiger partial charge on any atom is 0.253 e. The van der Waals surface area contributed by atoms with Crippen LogP contribution < -0.4 is 10.1 Å². The number of aromatic nitrogens is 1. The van der Waals surface area contributed by atoms with Gasteiger partial charge in [-0.05, 0) is 44.0 Å². The number of carbonyl (C=O) groups is 1. The number of ether oxygens (including phenoxy) is 1. The molecule has 3 rings (SSSR count).